The molecule has 0 fully saturated rings. The quantitative estimate of drug-likeness (QED) is 0.668. The van der Waals surface area contributed by atoms with Crippen LogP contribution < -0.4 is 5.32 Å². The lowest BCUT2D eigenvalue weighted by Gasteiger charge is -2.13. The number of tetrazole rings is 1. The van der Waals surface area contributed by atoms with E-state index in [9.17, 15) is 9.18 Å². The summed E-state index contributed by atoms with van der Waals surface area (Å²) in [6, 6.07) is 11.5. The number of anilines is 1. The van der Waals surface area contributed by atoms with Crippen LogP contribution in [-0.4, -0.2) is 31.4 Å². The molecule has 134 valence electrons. The molecular weight excluding hydrogens is 377 g/mol. The summed E-state index contributed by atoms with van der Waals surface area (Å²) in [5.41, 5.74) is 2.20. The number of amides is 1. The van der Waals surface area contributed by atoms with Crippen LogP contribution in [0.2, 0.25) is 5.02 Å². The Morgan fingerprint density at radius 2 is 2.08 bits per heavy atom. The smallest absolute Gasteiger partial charge is 0.237 e. The number of nitrogens with zero attached hydrogens (tertiary/aromatic N) is 4. The van der Waals surface area contributed by atoms with Crippen LogP contribution in [0.3, 0.4) is 0 Å². The highest BCUT2D eigenvalue weighted by molar-refractivity contribution is 8.00. The number of benzene rings is 2. The lowest BCUT2D eigenvalue weighted by molar-refractivity contribution is -0.115. The van der Waals surface area contributed by atoms with E-state index in [2.05, 4.69) is 20.8 Å². The van der Waals surface area contributed by atoms with Crippen molar-refractivity contribution >= 4 is 35.0 Å². The zero-order valence-electron chi connectivity index (χ0n) is 14.0. The fourth-order valence-corrected chi connectivity index (χ4v) is 3.26. The number of hydrogen-bond donors (Lipinski definition) is 1. The van der Waals surface area contributed by atoms with Crippen molar-refractivity contribution in [3.05, 3.63) is 58.9 Å². The lowest BCUT2D eigenvalue weighted by Crippen LogP contribution is -2.23. The minimum Gasteiger partial charge on any atom is -0.324 e. The molecule has 3 rings (SSSR count). The van der Waals surface area contributed by atoms with Gasteiger partial charge in [-0.2, -0.15) is 4.68 Å². The Hall–Kier alpha value is -2.45. The molecular formula is C17H15ClFN5OS. The molecule has 1 amide bonds. The van der Waals surface area contributed by atoms with Crippen LogP contribution >= 0.6 is 23.4 Å². The first-order valence-corrected chi connectivity index (χ1v) is 8.98. The molecule has 6 nitrogen and oxygen atoms in total. The van der Waals surface area contributed by atoms with Gasteiger partial charge in [0.25, 0.3) is 0 Å². The van der Waals surface area contributed by atoms with Crippen molar-refractivity contribution in [2.75, 3.05) is 5.32 Å². The van der Waals surface area contributed by atoms with E-state index in [-0.39, 0.29) is 10.9 Å². The summed E-state index contributed by atoms with van der Waals surface area (Å²) in [4.78, 5) is 12.4. The van der Waals surface area contributed by atoms with Crippen LogP contribution in [-0.2, 0) is 4.79 Å². The van der Waals surface area contributed by atoms with Crippen LogP contribution in [0, 0.1) is 12.7 Å². The van der Waals surface area contributed by atoms with E-state index in [4.69, 9.17) is 11.6 Å². The summed E-state index contributed by atoms with van der Waals surface area (Å²) in [7, 11) is 0. The molecule has 9 heteroatoms. The molecule has 0 unspecified atom stereocenters. The second-order valence-corrected chi connectivity index (χ2v) is 7.25. The lowest BCUT2D eigenvalue weighted by atomic mass is 10.2. The Kier molecular flexibility index (Phi) is 5.53. The maximum absolute atomic E-state index is 13.1. The number of aromatic nitrogens is 4. The van der Waals surface area contributed by atoms with Crippen LogP contribution in [0.1, 0.15) is 12.5 Å². The highest BCUT2D eigenvalue weighted by Crippen LogP contribution is 2.27. The van der Waals surface area contributed by atoms with Crippen LogP contribution in [0.4, 0.5) is 10.1 Å². The summed E-state index contributed by atoms with van der Waals surface area (Å²) in [5, 5.41) is 14.5. The van der Waals surface area contributed by atoms with Crippen molar-refractivity contribution < 1.29 is 9.18 Å². The summed E-state index contributed by atoms with van der Waals surface area (Å²) < 4.78 is 14.7. The molecule has 1 N–H and O–H groups in total. The topological polar surface area (TPSA) is 72.7 Å². The van der Waals surface area contributed by atoms with Crippen molar-refractivity contribution in [2.45, 2.75) is 24.3 Å². The molecule has 0 saturated heterocycles. The number of hydrogen-bond acceptors (Lipinski definition) is 5. The number of thioether (sulfide) groups is 1. The van der Waals surface area contributed by atoms with E-state index in [0.29, 0.717) is 10.8 Å². The van der Waals surface area contributed by atoms with Gasteiger partial charge in [0.1, 0.15) is 5.82 Å². The Balaban J connectivity index is 1.74. The molecule has 26 heavy (non-hydrogen) atoms. The molecule has 0 aliphatic carbocycles. The van der Waals surface area contributed by atoms with E-state index < -0.39 is 11.1 Å². The predicted molar refractivity (Wildman–Crippen MR) is 99.2 cm³/mol. The normalized spacial score (nSPS) is 12.0. The average molecular weight is 392 g/mol. The third-order valence-corrected chi connectivity index (χ3v) is 4.97. The molecule has 0 saturated carbocycles. The first-order chi connectivity index (χ1) is 12.5. The molecule has 1 atom stereocenters. The summed E-state index contributed by atoms with van der Waals surface area (Å²) >= 11 is 7.16. The molecule has 0 aliphatic heterocycles. The number of halogens is 2. The SMILES string of the molecule is Cc1ccccc1-n1nnnc1S[C@H](C)C(=O)Nc1ccc(F)cc1Cl. The van der Waals surface area contributed by atoms with Crippen molar-refractivity contribution in [1.29, 1.82) is 0 Å². The van der Waals surface area contributed by atoms with Gasteiger partial charge < -0.3 is 5.32 Å². The zero-order valence-corrected chi connectivity index (χ0v) is 15.6. The number of nitrogens with one attached hydrogen (secondary N) is 1. The Bertz CT molecular complexity index is 948. The highest BCUT2D eigenvalue weighted by atomic mass is 35.5. The minimum atomic E-state index is -0.495. The third kappa shape index (κ3) is 4.03. The summed E-state index contributed by atoms with van der Waals surface area (Å²) in [6.07, 6.45) is 0. The van der Waals surface area contributed by atoms with Crippen LogP contribution in [0.5, 0.6) is 0 Å². The molecule has 1 aromatic heterocycles. The average Bonchev–Trinajstić information content (AvgIpc) is 3.05. The fraction of sp³-hybridized carbons (Fsp3) is 0.176. The van der Waals surface area contributed by atoms with Crippen molar-refractivity contribution in [1.82, 2.24) is 20.2 Å². The van der Waals surface area contributed by atoms with Gasteiger partial charge in [-0.25, -0.2) is 4.39 Å². The van der Waals surface area contributed by atoms with Crippen molar-refractivity contribution in [2.24, 2.45) is 0 Å². The maximum Gasteiger partial charge on any atom is 0.237 e. The fourth-order valence-electron chi connectivity index (χ4n) is 2.24. The molecule has 0 radical (unpaired) electrons. The summed E-state index contributed by atoms with van der Waals surface area (Å²) in [5.74, 6) is -0.754. The second-order valence-electron chi connectivity index (χ2n) is 5.53. The van der Waals surface area contributed by atoms with E-state index in [1.54, 1.807) is 11.6 Å². The highest BCUT2D eigenvalue weighted by Gasteiger charge is 2.20. The largest absolute Gasteiger partial charge is 0.324 e. The van der Waals surface area contributed by atoms with Gasteiger partial charge >= 0.3 is 0 Å². The third-order valence-electron chi connectivity index (χ3n) is 3.62. The Morgan fingerprint density at radius 1 is 1.31 bits per heavy atom. The van der Waals surface area contributed by atoms with Gasteiger partial charge in [-0.1, -0.05) is 41.6 Å². The first kappa shape index (κ1) is 18.3. The number of carbonyl (C=O) groups excluding carboxylic acids is 1. The Labute approximate surface area is 158 Å². The molecule has 0 spiro atoms. The van der Waals surface area contributed by atoms with Gasteiger partial charge in [-0.3, -0.25) is 4.79 Å². The molecule has 3 aromatic rings. The van der Waals surface area contributed by atoms with E-state index >= 15 is 0 Å². The second kappa shape index (κ2) is 7.84. The van der Waals surface area contributed by atoms with E-state index in [1.807, 2.05) is 31.2 Å². The van der Waals surface area contributed by atoms with Gasteiger partial charge in [0.2, 0.25) is 11.1 Å². The number of para-hydroxylation sites is 1. The van der Waals surface area contributed by atoms with Gasteiger partial charge in [0.15, 0.2) is 0 Å². The number of rotatable bonds is 5. The van der Waals surface area contributed by atoms with Crippen LogP contribution in [0.15, 0.2) is 47.6 Å². The number of carbonyl (C=O) groups is 1. The minimum absolute atomic E-state index is 0.139. The van der Waals surface area contributed by atoms with E-state index in [0.717, 1.165) is 17.3 Å². The van der Waals surface area contributed by atoms with Gasteiger partial charge in [0.05, 0.1) is 21.6 Å². The monoisotopic (exact) mass is 391 g/mol. The van der Waals surface area contributed by atoms with Crippen molar-refractivity contribution in [3.63, 3.8) is 0 Å². The van der Waals surface area contributed by atoms with Gasteiger partial charge in [0, 0.05) is 0 Å². The van der Waals surface area contributed by atoms with Gasteiger partial charge in [-0.05, 0) is 54.1 Å². The van der Waals surface area contributed by atoms with Crippen LogP contribution in [0.25, 0.3) is 5.69 Å². The Morgan fingerprint density at radius 3 is 2.81 bits per heavy atom. The first-order valence-electron chi connectivity index (χ1n) is 7.72. The summed E-state index contributed by atoms with van der Waals surface area (Å²) in [6.45, 7) is 3.69. The molecule has 0 bridgehead atoms. The molecule has 1 heterocycles. The predicted octanol–water partition coefficient (Wildman–Crippen LogP) is 3.88. The molecule has 0 aliphatic rings. The maximum atomic E-state index is 13.1. The molecule has 2 aromatic carbocycles. The number of aryl methyl sites for hydroxylation is 1. The standard InChI is InChI=1S/C17H15ClFN5OS/c1-10-5-3-4-6-15(10)24-17(21-22-23-24)26-11(2)16(25)20-14-8-7-12(19)9-13(14)18/h3-9,11H,1-2H3,(H,20,25)/t11-/m1/s1. The van der Waals surface area contributed by atoms with Gasteiger partial charge in [-0.15, -0.1) is 5.10 Å². The zero-order chi connectivity index (χ0) is 18.7. The van der Waals surface area contributed by atoms with Crippen molar-refractivity contribution in [3.8, 4) is 5.69 Å². The van der Waals surface area contributed by atoms with E-state index in [1.165, 1.54) is 23.9 Å².